The normalized spacial score (nSPS) is 23.4. The number of aromatic amines is 1. The lowest BCUT2D eigenvalue weighted by atomic mass is 10.0. The summed E-state index contributed by atoms with van der Waals surface area (Å²) in [7, 11) is 0. The average Bonchev–Trinajstić information content (AvgIpc) is 3.29. The molecule has 0 unspecified atom stereocenters. The van der Waals surface area contributed by atoms with Crippen LogP contribution in [0.3, 0.4) is 0 Å². The number of rotatable bonds is 2. The Hall–Kier alpha value is -2.30. The van der Waals surface area contributed by atoms with Gasteiger partial charge in [0.1, 0.15) is 0 Å². The Kier molecular flexibility index (Phi) is 3.21. The summed E-state index contributed by atoms with van der Waals surface area (Å²) in [6, 6.07) is 6.85. The van der Waals surface area contributed by atoms with Crippen molar-refractivity contribution in [3.63, 3.8) is 0 Å². The molecule has 130 valence electrons. The van der Waals surface area contributed by atoms with Crippen LogP contribution in [0.1, 0.15) is 36.1 Å². The molecule has 5 rings (SSSR count). The Bertz CT molecular complexity index is 880. The van der Waals surface area contributed by atoms with Crippen LogP contribution >= 0.6 is 0 Å². The van der Waals surface area contributed by atoms with Gasteiger partial charge in [0.25, 0.3) is 0 Å². The fourth-order valence-corrected chi connectivity index (χ4v) is 4.41. The monoisotopic (exact) mass is 337 g/mol. The number of H-pyrrole nitrogens is 1. The molecule has 1 atom stereocenters. The molecule has 2 aromatic rings. The summed E-state index contributed by atoms with van der Waals surface area (Å²) in [6.07, 6.45) is 3.47. The fraction of sp³-hybridized carbons (Fsp3) is 0.500. The van der Waals surface area contributed by atoms with Crippen LogP contribution in [0, 0.1) is 12.8 Å². The van der Waals surface area contributed by atoms with Crippen LogP contribution < -0.4 is 0 Å². The second-order valence-electron chi connectivity index (χ2n) is 7.82. The SMILES string of the molecule is Cc1ccc2[nH]c3c(c2c1)CN(C(=O)[C@@H]1CC(=O)N(C2CC2)C1)CC3. The number of fused-ring (bicyclic) bond motifs is 3. The molecule has 2 fully saturated rings. The fourth-order valence-electron chi connectivity index (χ4n) is 4.41. The zero-order chi connectivity index (χ0) is 17.1. The van der Waals surface area contributed by atoms with Gasteiger partial charge in [0, 0.05) is 60.7 Å². The van der Waals surface area contributed by atoms with E-state index in [0.29, 0.717) is 25.6 Å². The van der Waals surface area contributed by atoms with Crippen molar-refractivity contribution in [2.24, 2.45) is 5.92 Å². The summed E-state index contributed by atoms with van der Waals surface area (Å²) in [5, 5.41) is 1.23. The zero-order valence-corrected chi connectivity index (χ0v) is 14.5. The van der Waals surface area contributed by atoms with E-state index in [9.17, 15) is 9.59 Å². The third-order valence-corrected chi connectivity index (χ3v) is 5.94. The van der Waals surface area contributed by atoms with Gasteiger partial charge in [-0.1, -0.05) is 11.6 Å². The minimum absolute atomic E-state index is 0.151. The van der Waals surface area contributed by atoms with Crippen LogP contribution in [0.5, 0.6) is 0 Å². The minimum Gasteiger partial charge on any atom is -0.358 e. The second kappa shape index (κ2) is 5.35. The second-order valence-corrected chi connectivity index (χ2v) is 7.82. The highest BCUT2D eigenvalue weighted by Gasteiger charge is 2.43. The summed E-state index contributed by atoms with van der Waals surface area (Å²) in [4.78, 5) is 32.6. The summed E-state index contributed by atoms with van der Waals surface area (Å²) < 4.78 is 0. The van der Waals surface area contributed by atoms with E-state index in [0.717, 1.165) is 31.3 Å². The predicted molar refractivity (Wildman–Crippen MR) is 95.0 cm³/mol. The van der Waals surface area contributed by atoms with E-state index in [1.54, 1.807) is 0 Å². The molecule has 1 N–H and O–H groups in total. The average molecular weight is 337 g/mol. The molecular weight excluding hydrogens is 314 g/mol. The van der Waals surface area contributed by atoms with Crippen LogP contribution in [0.25, 0.3) is 10.9 Å². The van der Waals surface area contributed by atoms with Crippen LogP contribution in [-0.2, 0) is 22.6 Å². The van der Waals surface area contributed by atoms with Crippen molar-refractivity contribution in [2.75, 3.05) is 13.1 Å². The summed E-state index contributed by atoms with van der Waals surface area (Å²) >= 11 is 0. The molecule has 0 radical (unpaired) electrons. The van der Waals surface area contributed by atoms with Gasteiger partial charge in [-0.05, 0) is 31.9 Å². The lowest BCUT2D eigenvalue weighted by Gasteiger charge is -2.29. The van der Waals surface area contributed by atoms with Crippen LogP contribution in [-0.4, -0.2) is 45.7 Å². The van der Waals surface area contributed by atoms with E-state index >= 15 is 0 Å². The lowest BCUT2D eigenvalue weighted by molar-refractivity contribution is -0.136. The number of hydrogen-bond donors (Lipinski definition) is 1. The van der Waals surface area contributed by atoms with Crippen molar-refractivity contribution < 1.29 is 9.59 Å². The molecule has 1 saturated carbocycles. The first-order valence-electron chi connectivity index (χ1n) is 9.28. The van der Waals surface area contributed by atoms with Crippen molar-refractivity contribution in [3.05, 3.63) is 35.0 Å². The maximum atomic E-state index is 13.0. The molecule has 1 saturated heterocycles. The highest BCUT2D eigenvalue weighted by atomic mass is 16.2. The van der Waals surface area contributed by atoms with Crippen molar-refractivity contribution in [3.8, 4) is 0 Å². The molecule has 3 heterocycles. The molecule has 1 aromatic carbocycles. The van der Waals surface area contributed by atoms with Crippen molar-refractivity contribution in [1.82, 2.24) is 14.8 Å². The highest BCUT2D eigenvalue weighted by molar-refractivity contribution is 5.91. The Morgan fingerprint density at radius 1 is 1.28 bits per heavy atom. The van der Waals surface area contributed by atoms with Gasteiger partial charge in [0.15, 0.2) is 0 Å². The first-order valence-corrected chi connectivity index (χ1v) is 9.28. The standard InChI is InChI=1S/C20H23N3O2/c1-12-2-5-17-15(8-12)16-11-22(7-6-18(16)21-17)20(25)13-9-19(24)23(10-13)14-3-4-14/h2,5,8,13-14,21H,3-4,6-7,9-11H2,1H3/t13-/m1/s1. The smallest absolute Gasteiger partial charge is 0.228 e. The van der Waals surface area contributed by atoms with E-state index in [4.69, 9.17) is 0 Å². The summed E-state index contributed by atoms with van der Waals surface area (Å²) in [5.41, 5.74) is 4.90. The molecule has 5 nitrogen and oxygen atoms in total. The lowest BCUT2D eigenvalue weighted by Crippen LogP contribution is -2.40. The van der Waals surface area contributed by atoms with Gasteiger partial charge < -0.3 is 14.8 Å². The number of nitrogens with one attached hydrogen (secondary N) is 1. The van der Waals surface area contributed by atoms with Gasteiger partial charge >= 0.3 is 0 Å². The number of carbonyl (C=O) groups excluding carboxylic acids is 2. The number of hydrogen-bond acceptors (Lipinski definition) is 2. The number of likely N-dealkylation sites (tertiary alicyclic amines) is 1. The van der Waals surface area contributed by atoms with Crippen LogP contribution in [0.2, 0.25) is 0 Å². The molecule has 2 aliphatic heterocycles. The third-order valence-electron chi connectivity index (χ3n) is 5.94. The molecule has 3 aliphatic rings. The summed E-state index contributed by atoms with van der Waals surface area (Å²) in [6.45, 7) is 4.12. The van der Waals surface area contributed by atoms with Crippen molar-refractivity contribution >= 4 is 22.7 Å². The molecular formula is C20H23N3O2. The Labute approximate surface area is 147 Å². The zero-order valence-electron chi connectivity index (χ0n) is 14.5. The maximum absolute atomic E-state index is 13.0. The van der Waals surface area contributed by atoms with Crippen LogP contribution in [0.4, 0.5) is 0 Å². The third kappa shape index (κ3) is 2.44. The quantitative estimate of drug-likeness (QED) is 0.915. The molecule has 1 aliphatic carbocycles. The number of aryl methyl sites for hydroxylation is 1. The molecule has 0 bridgehead atoms. The van der Waals surface area contributed by atoms with E-state index in [-0.39, 0.29) is 17.7 Å². The van der Waals surface area contributed by atoms with Gasteiger partial charge in [0.05, 0.1) is 5.92 Å². The Balaban J connectivity index is 1.38. The Morgan fingerprint density at radius 3 is 2.92 bits per heavy atom. The first-order chi connectivity index (χ1) is 12.1. The van der Waals surface area contributed by atoms with E-state index in [1.165, 1.54) is 22.2 Å². The van der Waals surface area contributed by atoms with Gasteiger partial charge in [0.2, 0.25) is 11.8 Å². The van der Waals surface area contributed by atoms with Crippen LogP contribution in [0.15, 0.2) is 18.2 Å². The van der Waals surface area contributed by atoms with Crippen molar-refractivity contribution in [2.45, 2.75) is 45.2 Å². The van der Waals surface area contributed by atoms with E-state index in [1.807, 2.05) is 9.80 Å². The Morgan fingerprint density at radius 2 is 2.12 bits per heavy atom. The summed E-state index contributed by atoms with van der Waals surface area (Å²) in [5.74, 6) is 0.173. The number of amides is 2. The molecule has 25 heavy (non-hydrogen) atoms. The van der Waals surface area contributed by atoms with Gasteiger partial charge in [-0.2, -0.15) is 0 Å². The van der Waals surface area contributed by atoms with Gasteiger partial charge in [-0.3, -0.25) is 9.59 Å². The molecule has 5 heteroatoms. The topological polar surface area (TPSA) is 56.4 Å². The van der Waals surface area contributed by atoms with E-state index in [2.05, 4.69) is 30.1 Å². The maximum Gasteiger partial charge on any atom is 0.228 e. The number of nitrogens with zero attached hydrogens (tertiary/aromatic N) is 2. The molecule has 1 aromatic heterocycles. The number of carbonyl (C=O) groups is 2. The molecule has 0 spiro atoms. The minimum atomic E-state index is -0.151. The molecule has 2 amide bonds. The van der Waals surface area contributed by atoms with Gasteiger partial charge in [-0.25, -0.2) is 0 Å². The highest BCUT2D eigenvalue weighted by Crippen LogP contribution is 2.34. The number of benzene rings is 1. The first kappa shape index (κ1) is 15.0. The largest absolute Gasteiger partial charge is 0.358 e. The number of aromatic nitrogens is 1. The van der Waals surface area contributed by atoms with Crippen molar-refractivity contribution in [1.29, 1.82) is 0 Å². The predicted octanol–water partition coefficient (Wildman–Crippen LogP) is 2.37. The van der Waals surface area contributed by atoms with Gasteiger partial charge in [-0.15, -0.1) is 0 Å². The van der Waals surface area contributed by atoms with E-state index < -0.39 is 0 Å².